The summed E-state index contributed by atoms with van der Waals surface area (Å²) in [6, 6.07) is 5.66. The van der Waals surface area contributed by atoms with Crippen LogP contribution in [0.1, 0.15) is 11.1 Å². The molecule has 1 unspecified atom stereocenters. The van der Waals surface area contributed by atoms with E-state index in [9.17, 15) is 4.21 Å². The molecule has 4 nitrogen and oxygen atoms in total. The Kier molecular flexibility index (Phi) is 4.06. The molecule has 1 atom stereocenters. The van der Waals surface area contributed by atoms with Crippen molar-refractivity contribution in [2.75, 3.05) is 12.3 Å². The Bertz CT molecular complexity index is 342. The van der Waals surface area contributed by atoms with Crippen LogP contribution in [-0.2, 0) is 17.7 Å². The van der Waals surface area contributed by atoms with Crippen molar-refractivity contribution in [2.24, 2.45) is 0 Å². The Balaban J connectivity index is 2.55. The van der Waals surface area contributed by atoms with Gasteiger partial charge in [0.15, 0.2) is 0 Å². The minimum atomic E-state index is -1.92. The van der Waals surface area contributed by atoms with Gasteiger partial charge in [0.05, 0.1) is 0 Å². The van der Waals surface area contributed by atoms with E-state index in [2.05, 4.69) is 4.72 Å². The first-order valence-electron chi connectivity index (χ1n) is 4.29. The fourth-order valence-corrected chi connectivity index (χ4v) is 1.55. The molecule has 0 aromatic heterocycles. The van der Waals surface area contributed by atoms with Crippen molar-refractivity contribution in [3.63, 3.8) is 0 Å². The molecule has 0 saturated heterocycles. The number of nitrogen functional groups attached to an aromatic ring is 1. The minimum absolute atomic E-state index is 0.480. The van der Waals surface area contributed by atoms with Crippen LogP contribution in [-0.4, -0.2) is 15.3 Å². The Morgan fingerprint density at radius 1 is 1.57 bits per heavy atom. The number of benzene rings is 1. The SMILES string of the molecule is Cc1cc(N)ccc1CCNS(=O)O. The van der Waals surface area contributed by atoms with Gasteiger partial charge in [-0.05, 0) is 36.6 Å². The van der Waals surface area contributed by atoms with Crippen LogP contribution in [0.15, 0.2) is 18.2 Å². The van der Waals surface area contributed by atoms with Gasteiger partial charge in [0.25, 0.3) is 0 Å². The van der Waals surface area contributed by atoms with Crippen LogP contribution < -0.4 is 10.5 Å². The van der Waals surface area contributed by atoms with E-state index in [4.69, 9.17) is 10.3 Å². The second-order valence-corrected chi connectivity index (χ2v) is 3.87. The minimum Gasteiger partial charge on any atom is -0.399 e. The zero-order chi connectivity index (χ0) is 10.6. The third-order valence-electron chi connectivity index (χ3n) is 1.99. The van der Waals surface area contributed by atoms with Crippen LogP contribution in [0, 0.1) is 6.92 Å². The Morgan fingerprint density at radius 2 is 2.29 bits per heavy atom. The quantitative estimate of drug-likeness (QED) is 0.513. The second-order valence-electron chi connectivity index (χ2n) is 3.08. The van der Waals surface area contributed by atoms with E-state index < -0.39 is 11.3 Å². The molecule has 0 heterocycles. The number of nitrogens with two attached hydrogens (primary N) is 1. The molecule has 0 fully saturated rings. The van der Waals surface area contributed by atoms with Crippen LogP contribution in [0.3, 0.4) is 0 Å². The lowest BCUT2D eigenvalue weighted by molar-refractivity contribution is 0.549. The lowest BCUT2D eigenvalue weighted by Gasteiger charge is -2.06. The van der Waals surface area contributed by atoms with E-state index in [1.807, 2.05) is 25.1 Å². The van der Waals surface area contributed by atoms with Crippen LogP contribution in [0.5, 0.6) is 0 Å². The molecule has 0 aliphatic rings. The first-order chi connectivity index (χ1) is 6.59. The third-order valence-corrected chi connectivity index (χ3v) is 2.44. The van der Waals surface area contributed by atoms with Crippen molar-refractivity contribution in [1.29, 1.82) is 0 Å². The molecule has 0 aliphatic heterocycles. The van der Waals surface area contributed by atoms with Crippen molar-refractivity contribution < 1.29 is 8.76 Å². The highest BCUT2D eigenvalue weighted by Crippen LogP contribution is 2.12. The normalized spacial score (nSPS) is 12.7. The molecule has 0 aliphatic carbocycles. The van der Waals surface area contributed by atoms with E-state index in [1.165, 1.54) is 0 Å². The molecule has 1 aromatic rings. The molecule has 14 heavy (non-hydrogen) atoms. The van der Waals surface area contributed by atoms with E-state index in [0.717, 1.165) is 23.2 Å². The standard InChI is InChI=1S/C9H14N2O2S/c1-7-6-9(10)3-2-8(7)4-5-11-14(12)13/h2-3,6,11H,4-5,10H2,1H3,(H,12,13). The maximum absolute atomic E-state index is 10.3. The van der Waals surface area contributed by atoms with Gasteiger partial charge in [-0.2, -0.15) is 0 Å². The van der Waals surface area contributed by atoms with Crippen molar-refractivity contribution in [1.82, 2.24) is 4.72 Å². The molecule has 4 N–H and O–H groups in total. The third kappa shape index (κ3) is 3.45. The van der Waals surface area contributed by atoms with Crippen LogP contribution >= 0.6 is 0 Å². The number of rotatable bonds is 4. The summed E-state index contributed by atoms with van der Waals surface area (Å²) in [4.78, 5) is 0. The monoisotopic (exact) mass is 214 g/mol. The number of aryl methyl sites for hydroxylation is 1. The van der Waals surface area contributed by atoms with Gasteiger partial charge in [0.2, 0.25) is 11.3 Å². The largest absolute Gasteiger partial charge is 0.399 e. The van der Waals surface area contributed by atoms with Crippen LogP contribution in [0.4, 0.5) is 5.69 Å². The zero-order valence-electron chi connectivity index (χ0n) is 7.99. The number of hydrogen-bond acceptors (Lipinski definition) is 2. The van der Waals surface area contributed by atoms with Crippen molar-refractivity contribution in [3.05, 3.63) is 29.3 Å². The summed E-state index contributed by atoms with van der Waals surface area (Å²) in [6.45, 7) is 2.45. The Morgan fingerprint density at radius 3 is 2.86 bits per heavy atom. The average Bonchev–Trinajstić information content (AvgIpc) is 2.08. The Hall–Kier alpha value is -0.910. The molecule has 0 saturated carbocycles. The summed E-state index contributed by atoms with van der Waals surface area (Å²) in [7, 11) is 0. The summed E-state index contributed by atoms with van der Waals surface area (Å²) in [5, 5.41) is 0. The van der Waals surface area contributed by atoms with Crippen LogP contribution in [0.2, 0.25) is 0 Å². The maximum atomic E-state index is 10.3. The van der Waals surface area contributed by atoms with Crippen molar-refractivity contribution in [3.8, 4) is 0 Å². The molecular formula is C9H14N2O2S. The fourth-order valence-electron chi connectivity index (χ4n) is 1.27. The summed E-state index contributed by atoms with van der Waals surface area (Å²) in [6.07, 6.45) is 0.721. The van der Waals surface area contributed by atoms with Gasteiger partial charge in [-0.25, -0.2) is 8.93 Å². The first-order valence-corrected chi connectivity index (χ1v) is 5.39. The predicted octanol–water partition coefficient (Wildman–Crippen LogP) is 0.846. The summed E-state index contributed by atoms with van der Waals surface area (Å²) >= 11 is -1.92. The van der Waals surface area contributed by atoms with Gasteiger partial charge in [0.1, 0.15) is 0 Å². The van der Waals surface area contributed by atoms with Gasteiger partial charge in [-0.15, -0.1) is 0 Å². The molecule has 1 rings (SSSR count). The topological polar surface area (TPSA) is 75.3 Å². The van der Waals surface area contributed by atoms with Crippen LogP contribution in [0.25, 0.3) is 0 Å². The highest BCUT2D eigenvalue weighted by atomic mass is 32.2. The lowest BCUT2D eigenvalue weighted by Crippen LogP contribution is -2.19. The highest BCUT2D eigenvalue weighted by molar-refractivity contribution is 7.77. The fraction of sp³-hybridized carbons (Fsp3) is 0.333. The van der Waals surface area contributed by atoms with Gasteiger partial charge in [-0.1, -0.05) is 6.07 Å². The smallest absolute Gasteiger partial charge is 0.231 e. The first kappa shape index (κ1) is 11.2. The van der Waals surface area contributed by atoms with E-state index >= 15 is 0 Å². The van der Waals surface area contributed by atoms with Gasteiger partial charge >= 0.3 is 0 Å². The number of nitrogens with one attached hydrogen (secondary N) is 1. The Labute approximate surface area is 85.9 Å². The van der Waals surface area contributed by atoms with E-state index in [1.54, 1.807) is 0 Å². The van der Waals surface area contributed by atoms with Crippen molar-refractivity contribution in [2.45, 2.75) is 13.3 Å². The van der Waals surface area contributed by atoms with E-state index in [0.29, 0.717) is 6.54 Å². The van der Waals surface area contributed by atoms with Gasteiger partial charge in [0, 0.05) is 12.2 Å². The maximum Gasteiger partial charge on any atom is 0.231 e. The van der Waals surface area contributed by atoms with Gasteiger partial charge < -0.3 is 5.73 Å². The van der Waals surface area contributed by atoms with Gasteiger partial charge in [-0.3, -0.25) is 4.55 Å². The molecular weight excluding hydrogens is 200 g/mol. The number of anilines is 1. The summed E-state index contributed by atoms with van der Waals surface area (Å²) in [5.41, 5.74) is 8.58. The molecule has 0 amide bonds. The predicted molar refractivity (Wildman–Crippen MR) is 58.1 cm³/mol. The highest BCUT2D eigenvalue weighted by Gasteiger charge is 1.99. The molecule has 1 aromatic carbocycles. The summed E-state index contributed by atoms with van der Waals surface area (Å²) in [5.74, 6) is 0. The zero-order valence-corrected chi connectivity index (χ0v) is 8.80. The number of hydrogen-bond donors (Lipinski definition) is 3. The molecule has 5 heteroatoms. The molecule has 78 valence electrons. The average molecular weight is 214 g/mol. The lowest BCUT2D eigenvalue weighted by atomic mass is 10.1. The molecule has 0 bridgehead atoms. The van der Waals surface area contributed by atoms with Crippen molar-refractivity contribution >= 4 is 17.0 Å². The summed E-state index contributed by atoms with van der Waals surface area (Å²) < 4.78 is 21.2. The molecule has 0 spiro atoms. The molecule has 0 radical (unpaired) electrons. The van der Waals surface area contributed by atoms with E-state index in [-0.39, 0.29) is 0 Å². The second kappa shape index (κ2) is 5.09.